The standard InChI is InChI=1S/C20H24N6O/c1-15-9-10-16(18(11-15)27-17-7-5-4-6-8-17)12-22-20(21-2)23-13-19-24-14-25-26(19)3/h4-11,14H,12-13H2,1-3H3,(H2,21,22,23). The summed E-state index contributed by atoms with van der Waals surface area (Å²) in [5.74, 6) is 3.16. The van der Waals surface area contributed by atoms with E-state index in [0.717, 1.165) is 28.5 Å². The molecule has 0 saturated heterocycles. The highest BCUT2D eigenvalue weighted by Gasteiger charge is 2.08. The van der Waals surface area contributed by atoms with Gasteiger partial charge in [-0.2, -0.15) is 5.10 Å². The monoisotopic (exact) mass is 364 g/mol. The molecule has 0 aliphatic heterocycles. The van der Waals surface area contributed by atoms with Gasteiger partial charge in [-0.05, 0) is 30.7 Å². The largest absolute Gasteiger partial charge is 0.457 e. The number of aliphatic imine (C=N–C) groups is 1. The van der Waals surface area contributed by atoms with Gasteiger partial charge < -0.3 is 15.4 Å². The van der Waals surface area contributed by atoms with Gasteiger partial charge in [0.05, 0.1) is 6.54 Å². The first-order valence-corrected chi connectivity index (χ1v) is 8.75. The number of nitrogens with zero attached hydrogens (tertiary/aromatic N) is 4. The van der Waals surface area contributed by atoms with E-state index in [1.807, 2.05) is 43.4 Å². The van der Waals surface area contributed by atoms with Crippen molar-refractivity contribution in [1.82, 2.24) is 25.4 Å². The van der Waals surface area contributed by atoms with Gasteiger partial charge in [0.2, 0.25) is 0 Å². The number of para-hydroxylation sites is 1. The first-order valence-electron chi connectivity index (χ1n) is 8.75. The minimum Gasteiger partial charge on any atom is -0.457 e. The summed E-state index contributed by atoms with van der Waals surface area (Å²) in [6.07, 6.45) is 1.53. The number of nitrogens with one attached hydrogen (secondary N) is 2. The topological polar surface area (TPSA) is 76.4 Å². The Labute approximate surface area is 159 Å². The smallest absolute Gasteiger partial charge is 0.191 e. The van der Waals surface area contributed by atoms with Crippen molar-refractivity contribution in [2.75, 3.05) is 7.05 Å². The summed E-state index contributed by atoms with van der Waals surface area (Å²) in [6.45, 7) is 3.18. The maximum atomic E-state index is 6.07. The van der Waals surface area contributed by atoms with Gasteiger partial charge in [-0.15, -0.1) is 0 Å². The molecule has 2 aromatic carbocycles. The van der Waals surface area contributed by atoms with Crippen LogP contribution in [-0.2, 0) is 20.1 Å². The van der Waals surface area contributed by atoms with Gasteiger partial charge in [-0.3, -0.25) is 9.67 Å². The van der Waals surface area contributed by atoms with E-state index in [1.54, 1.807) is 11.7 Å². The van der Waals surface area contributed by atoms with Crippen LogP contribution in [0.4, 0.5) is 0 Å². The van der Waals surface area contributed by atoms with Crippen LogP contribution in [-0.4, -0.2) is 27.8 Å². The summed E-state index contributed by atoms with van der Waals surface area (Å²) >= 11 is 0. The van der Waals surface area contributed by atoms with Crippen LogP contribution in [0.3, 0.4) is 0 Å². The molecule has 1 aromatic heterocycles. The van der Waals surface area contributed by atoms with E-state index in [-0.39, 0.29) is 0 Å². The molecule has 0 aliphatic rings. The normalized spacial score (nSPS) is 11.3. The fourth-order valence-electron chi connectivity index (χ4n) is 2.56. The van der Waals surface area contributed by atoms with Crippen LogP contribution < -0.4 is 15.4 Å². The number of ether oxygens (including phenoxy) is 1. The van der Waals surface area contributed by atoms with E-state index >= 15 is 0 Å². The van der Waals surface area contributed by atoms with E-state index in [2.05, 4.69) is 44.8 Å². The molecule has 7 heteroatoms. The molecule has 0 aliphatic carbocycles. The first-order chi connectivity index (χ1) is 13.2. The zero-order chi connectivity index (χ0) is 19.1. The van der Waals surface area contributed by atoms with Crippen molar-refractivity contribution in [3.63, 3.8) is 0 Å². The molecule has 7 nitrogen and oxygen atoms in total. The Bertz CT molecular complexity index is 904. The number of aromatic nitrogens is 3. The number of benzene rings is 2. The minimum atomic E-state index is 0.539. The molecule has 0 radical (unpaired) electrons. The molecule has 27 heavy (non-hydrogen) atoms. The van der Waals surface area contributed by atoms with Gasteiger partial charge in [0, 0.05) is 26.2 Å². The number of aryl methyl sites for hydroxylation is 2. The van der Waals surface area contributed by atoms with Crippen LogP contribution in [0.25, 0.3) is 0 Å². The van der Waals surface area contributed by atoms with Gasteiger partial charge in [0.1, 0.15) is 23.7 Å². The zero-order valence-corrected chi connectivity index (χ0v) is 15.8. The SMILES string of the molecule is CN=C(NCc1ccc(C)cc1Oc1ccccc1)NCc1ncnn1C. The minimum absolute atomic E-state index is 0.539. The molecule has 0 amide bonds. The Morgan fingerprint density at radius 3 is 2.59 bits per heavy atom. The highest BCUT2D eigenvalue weighted by atomic mass is 16.5. The summed E-state index contributed by atoms with van der Waals surface area (Å²) in [5.41, 5.74) is 2.19. The lowest BCUT2D eigenvalue weighted by Gasteiger charge is -2.15. The van der Waals surface area contributed by atoms with Gasteiger partial charge >= 0.3 is 0 Å². The molecule has 0 unspecified atom stereocenters. The molecule has 3 aromatic rings. The lowest BCUT2D eigenvalue weighted by Crippen LogP contribution is -2.37. The maximum absolute atomic E-state index is 6.07. The van der Waals surface area contributed by atoms with Gasteiger partial charge in [-0.25, -0.2) is 4.98 Å². The van der Waals surface area contributed by atoms with Crippen LogP contribution >= 0.6 is 0 Å². The Morgan fingerprint density at radius 1 is 1.11 bits per heavy atom. The van der Waals surface area contributed by atoms with Crippen LogP contribution in [0.2, 0.25) is 0 Å². The number of hydrogen-bond donors (Lipinski definition) is 2. The highest BCUT2D eigenvalue weighted by molar-refractivity contribution is 5.79. The quantitative estimate of drug-likeness (QED) is 0.520. The second-order valence-corrected chi connectivity index (χ2v) is 6.11. The van der Waals surface area contributed by atoms with Crippen molar-refractivity contribution in [2.24, 2.45) is 12.0 Å². The molecule has 2 N–H and O–H groups in total. The lowest BCUT2D eigenvalue weighted by atomic mass is 10.1. The van der Waals surface area contributed by atoms with Crippen molar-refractivity contribution >= 4 is 5.96 Å². The summed E-state index contributed by atoms with van der Waals surface area (Å²) in [7, 11) is 3.60. The molecule has 3 rings (SSSR count). The molecular weight excluding hydrogens is 340 g/mol. The molecule has 1 heterocycles. The molecule has 140 valence electrons. The van der Waals surface area contributed by atoms with E-state index in [9.17, 15) is 0 Å². The maximum Gasteiger partial charge on any atom is 0.191 e. The Morgan fingerprint density at radius 2 is 1.89 bits per heavy atom. The summed E-state index contributed by atoms with van der Waals surface area (Å²) < 4.78 is 7.80. The number of rotatable bonds is 6. The molecule has 0 atom stereocenters. The van der Waals surface area contributed by atoms with Gasteiger partial charge in [0.15, 0.2) is 5.96 Å². The van der Waals surface area contributed by atoms with E-state index in [4.69, 9.17) is 4.74 Å². The van der Waals surface area contributed by atoms with E-state index in [0.29, 0.717) is 19.0 Å². The van der Waals surface area contributed by atoms with E-state index in [1.165, 1.54) is 6.33 Å². The molecule has 0 spiro atoms. The number of hydrogen-bond acceptors (Lipinski definition) is 4. The predicted octanol–water partition coefficient (Wildman–Crippen LogP) is 2.78. The average Bonchev–Trinajstić information content (AvgIpc) is 3.09. The first kappa shape index (κ1) is 18.4. The predicted molar refractivity (Wildman–Crippen MR) is 106 cm³/mol. The molecule has 0 saturated carbocycles. The molecular formula is C20H24N6O. The highest BCUT2D eigenvalue weighted by Crippen LogP contribution is 2.26. The second kappa shape index (κ2) is 8.84. The van der Waals surface area contributed by atoms with Crippen LogP contribution in [0.1, 0.15) is 17.0 Å². The second-order valence-electron chi connectivity index (χ2n) is 6.11. The summed E-state index contributed by atoms with van der Waals surface area (Å²) in [6, 6.07) is 16.0. The zero-order valence-electron chi connectivity index (χ0n) is 15.8. The van der Waals surface area contributed by atoms with Crippen molar-refractivity contribution < 1.29 is 4.74 Å². The Hall–Kier alpha value is -3.35. The van der Waals surface area contributed by atoms with Gasteiger partial charge in [-0.1, -0.05) is 30.3 Å². The Kier molecular flexibility index (Phi) is 6.04. The number of guanidine groups is 1. The average molecular weight is 364 g/mol. The van der Waals surface area contributed by atoms with Crippen molar-refractivity contribution in [2.45, 2.75) is 20.0 Å². The van der Waals surface area contributed by atoms with Gasteiger partial charge in [0.25, 0.3) is 0 Å². The lowest BCUT2D eigenvalue weighted by molar-refractivity contribution is 0.474. The van der Waals surface area contributed by atoms with Crippen molar-refractivity contribution in [3.05, 3.63) is 71.8 Å². The summed E-state index contributed by atoms with van der Waals surface area (Å²) in [5, 5.41) is 10.6. The molecule has 0 bridgehead atoms. The third-order valence-electron chi connectivity index (χ3n) is 4.08. The molecule has 0 fully saturated rings. The fraction of sp³-hybridized carbons (Fsp3) is 0.250. The van der Waals surface area contributed by atoms with E-state index < -0.39 is 0 Å². The third-order valence-corrected chi connectivity index (χ3v) is 4.08. The van der Waals surface area contributed by atoms with Crippen LogP contribution in [0.15, 0.2) is 59.9 Å². The van der Waals surface area contributed by atoms with Crippen molar-refractivity contribution in [3.8, 4) is 11.5 Å². The van der Waals surface area contributed by atoms with Crippen LogP contribution in [0, 0.1) is 6.92 Å². The fourth-order valence-corrected chi connectivity index (χ4v) is 2.56. The third kappa shape index (κ3) is 5.07. The van der Waals surface area contributed by atoms with Crippen molar-refractivity contribution in [1.29, 1.82) is 0 Å². The summed E-state index contributed by atoms with van der Waals surface area (Å²) in [4.78, 5) is 8.46. The van der Waals surface area contributed by atoms with Crippen LogP contribution in [0.5, 0.6) is 11.5 Å². The Balaban J connectivity index is 1.65.